The van der Waals surface area contributed by atoms with Crippen LogP contribution < -0.4 is 0 Å². The molecule has 0 fully saturated rings. The first-order valence-corrected chi connectivity index (χ1v) is 6.73. The molecule has 1 rings (SSSR count). The van der Waals surface area contributed by atoms with Crippen LogP contribution in [0, 0.1) is 0 Å². The van der Waals surface area contributed by atoms with Gasteiger partial charge in [0.2, 0.25) is 0 Å². The summed E-state index contributed by atoms with van der Waals surface area (Å²) in [6, 6.07) is 10.2. The van der Waals surface area contributed by atoms with E-state index in [9.17, 15) is 5.11 Å². The van der Waals surface area contributed by atoms with Crippen molar-refractivity contribution in [2.45, 2.75) is 38.8 Å². The van der Waals surface area contributed by atoms with Crippen molar-refractivity contribution in [1.82, 2.24) is 4.90 Å². The number of rotatable bonds is 8. The van der Waals surface area contributed by atoms with E-state index in [0.717, 1.165) is 19.4 Å². The fourth-order valence-corrected chi connectivity index (χ4v) is 2.09. The molecule has 0 aliphatic carbocycles. The molecule has 0 radical (unpaired) electrons. The van der Waals surface area contributed by atoms with Crippen LogP contribution in [0.1, 0.15) is 32.3 Å². The Balaban J connectivity index is 2.65. The van der Waals surface area contributed by atoms with Crippen LogP contribution in [-0.4, -0.2) is 40.4 Å². The largest absolute Gasteiger partial charge is 0.395 e. The molecular formula is C15H25NO2. The number of nitrogens with zero attached hydrogens (tertiary/aromatic N) is 1. The first-order valence-electron chi connectivity index (χ1n) is 6.73. The van der Waals surface area contributed by atoms with Crippen molar-refractivity contribution in [2.24, 2.45) is 0 Å². The van der Waals surface area contributed by atoms with Crippen molar-refractivity contribution in [3.05, 3.63) is 35.9 Å². The van der Waals surface area contributed by atoms with Crippen molar-refractivity contribution in [1.29, 1.82) is 0 Å². The van der Waals surface area contributed by atoms with Crippen LogP contribution >= 0.6 is 0 Å². The maximum atomic E-state index is 10.4. The van der Waals surface area contributed by atoms with Gasteiger partial charge >= 0.3 is 0 Å². The number of aliphatic hydroxyl groups is 2. The number of hydrogen-bond donors (Lipinski definition) is 2. The Kier molecular flexibility index (Phi) is 6.33. The maximum Gasteiger partial charge on any atom is 0.0769 e. The van der Waals surface area contributed by atoms with Gasteiger partial charge in [-0.2, -0.15) is 0 Å². The lowest BCUT2D eigenvalue weighted by atomic mass is 9.96. The van der Waals surface area contributed by atoms with Crippen molar-refractivity contribution >= 4 is 0 Å². The Bertz CT molecular complexity index is 323. The molecule has 0 atom stereocenters. The zero-order chi connectivity index (χ0) is 13.4. The van der Waals surface area contributed by atoms with E-state index in [0.29, 0.717) is 13.1 Å². The van der Waals surface area contributed by atoms with E-state index in [1.165, 1.54) is 5.56 Å². The summed E-state index contributed by atoms with van der Waals surface area (Å²) >= 11 is 0. The third kappa shape index (κ3) is 4.77. The molecule has 0 saturated carbocycles. The SMILES string of the molecule is CCC(O)(CC)CN(CCO)Cc1ccccc1. The molecule has 0 aliphatic rings. The van der Waals surface area contributed by atoms with Crippen LogP contribution in [0.2, 0.25) is 0 Å². The third-order valence-electron chi connectivity index (χ3n) is 3.50. The summed E-state index contributed by atoms with van der Waals surface area (Å²) in [4.78, 5) is 2.11. The summed E-state index contributed by atoms with van der Waals surface area (Å²) in [5, 5.41) is 19.5. The van der Waals surface area contributed by atoms with Crippen LogP contribution in [0.5, 0.6) is 0 Å². The van der Waals surface area contributed by atoms with Gasteiger partial charge in [-0.25, -0.2) is 0 Å². The Morgan fingerprint density at radius 1 is 1.11 bits per heavy atom. The smallest absolute Gasteiger partial charge is 0.0769 e. The van der Waals surface area contributed by atoms with Gasteiger partial charge in [0.05, 0.1) is 12.2 Å². The molecule has 3 heteroatoms. The van der Waals surface area contributed by atoms with Gasteiger partial charge in [0, 0.05) is 19.6 Å². The molecule has 2 N–H and O–H groups in total. The lowest BCUT2D eigenvalue weighted by Gasteiger charge is -2.32. The van der Waals surface area contributed by atoms with Crippen LogP contribution in [0.4, 0.5) is 0 Å². The quantitative estimate of drug-likeness (QED) is 0.743. The second-order valence-electron chi connectivity index (χ2n) is 4.85. The normalized spacial score (nSPS) is 12.1. The van der Waals surface area contributed by atoms with E-state index in [1.54, 1.807) is 0 Å². The van der Waals surface area contributed by atoms with Crippen LogP contribution in [0.25, 0.3) is 0 Å². The Morgan fingerprint density at radius 3 is 2.22 bits per heavy atom. The van der Waals surface area contributed by atoms with E-state index in [4.69, 9.17) is 5.11 Å². The summed E-state index contributed by atoms with van der Waals surface area (Å²) in [5.74, 6) is 0. The average molecular weight is 251 g/mol. The standard InChI is InChI=1S/C15H25NO2/c1-3-15(18,4-2)13-16(10-11-17)12-14-8-6-5-7-9-14/h5-9,17-18H,3-4,10-13H2,1-2H3. The van der Waals surface area contributed by atoms with E-state index < -0.39 is 5.60 Å². The molecule has 0 amide bonds. The monoisotopic (exact) mass is 251 g/mol. The van der Waals surface area contributed by atoms with Gasteiger partial charge in [0.1, 0.15) is 0 Å². The Labute approximate surface area is 110 Å². The molecular weight excluding hydrogens is 226 g/mol. The van der Waals surface area contributed by atoms with Gasteiger partial charge in [-0.3, -0.25) is 4.90 Å². The summed E-state index contributed by atoms with van der Waals surface area (Å²) < 4.78 is 0. The van der Waals surface area contributed by atoms with Crippen molar-refractivity contribution in [2.75, 3.05) is 19.7 Å². The van der Waals surface area contributed by atoms with Gasteiger partial charge in [-0.05, 0) is 18.4 Å². The van der Waals surface area contributed by atoms with Gasteiger partial charge in [-0.15, -0.1) is 0 Å². The highest BCUT2D eigenvalue weighted by atomic mass is 16.3. The van der Waals surface area contributed by atoms with Crippen LogP contribution in [0.15, 0.2) is 30.3 Å². The highest BCUT2D eigenvalue weighted by Gasteiger charge is 2.25. The molecule has 102 valence electrons. The average Bonchev–Trinajstić information content (AvgIpc) is 2.40. The number of aliphatic hydroxyl groups excluding tert-OH is 1. The summed E-state index contributed by atoms with van der Waals surface area (Å²) in [5.41, 5.74) is 0.560. The van der Waals surface area contributed by atoms with E-state index in [2.05, 4.69) is 17.0 Å². The molecule has 0 aromatic heterocycles. The van der Waals surface area contributed by atoms with Crippen molar-refractivity contribution in [3.8, 4) is 0 Å². The molecule has 0 saturated heterocycles. The van der Waals surface area contributed by atoms with Gasteiger partial charge in [-0.1, -0.05) is 44.2 Å². The minimum absolute atomic E-state index is 0.121. The lowest BCUT2D eigenvalue weighted by Crippen LogP contribution is -2.43. The molecule has 0 bridgehead atoms. The summed E-state index contributed by atoms with van der Waals surface area (Å²) in [7, 11) is 0. The third-order valence-corrected chi connectivity index (χ3v) is 3.50. The highest BCUT2D eigenvalue weighted by Crippen LogP contribution is 2.17. The first-order chi connectivity index (χ1) is 8.63. The fourth-order valence-electron chi connectivity index (χ4n) is 2.09. The van der Waals surface area contributed by atoms with E-state index in [-0.39, 0.29) is 6.61 Å². The molecule has 0 spiro atoms. The van der Waals surface area contributed by atoms with E-state index >= 15 is 0 Å². The molecule has 0 unspecified atom stereocenters. The summed E-state index contributed by atoms with van der Waals surface area (Å²) in [6.07, 6.45) is 1.47. The first kappa shape index (κ1) is 15.2. The Morgan fingerprint density at radius 2 is 1.72 bits per heavy atom. The van der Waals surface area contributed by atoms with Crippen molar-refractivity contribution in [3.63, 3.8) is 0 Å². The van der Waals surface area contributed by atoms with E-state index in [1.807, 2.05) is 32.0 Å². The zero-order valence-corrected chi connectivity index (χ0v) is 11.5. The minimum Gasteiger partial charge on any atom is -0.395 e. The molecule has 0 heterocycles. The van der Waals surface area contributed by atoms with Crippen LogP contribution in [0.3, 0.4) is 0 Å². The molecule has 0 aliphatic heterocycles. The summed E-state index contributed by atoms with van der Waals surface area (Å²) in [6.45, 7) is 6.10. The second-order valence-corrected chi connectivity index (χ2v) is 4.85. The van der Waals surface area contributed by atoms with Crippen LogP contribution in [-0.2, 0) is 6.54 Å². The van der Waals surface area contributed by atoms with Gasteiger partial charge in [0.15, 0.2) is 0 Å². The Hall–Kier alpha value is -0.900. The maximum absolute atomic E-state index is 10.4. The topological polar surface area (TPSA) is 43.7 Å². The molecule has 18 heavy (non-hydrogen) atoms. The molecule has 1 aromatic carbocycles. The number of hydrogen-bond acceptors (Lipinski definition) is 3. The van der Waals surface area contributed by atoms with Gasteiger partial charge in [0.25, 0.3) is 0 Å². The zero-order valence-electron chi connectivity index (χ0n) is 11.5. The minimum atomic E-state index is -0.649. The second kappa shape index (κ2) is 7.52. The lowest BCUT2D eigenvalue weighted by molar-refractivity contribution is -0.00899. The molecule has 3 nitrogen and oxygen atoms in total. The van der Waals surface area contributed by atoms with Crippen molar-refractivity contribution < 1.29 is 10.2 Å². The van der Waals surface area contributed by atoms with Gasteiger partial charge < -0.3 is 10.2 Å². The fraction of sp³-hybridized carbons (Fsp3) is 0.600. The highest BCUT2D eigenvalue weighted by molar-refractivity contribution is 5.14. The number of benzene rings is 1. The predicted octanol–water partition coefficient (Wildman–Crippen LogP) is 2.03. The molecule has 1 aromatic rings. The predicted molar refractivity (Wildman–Crippen MR) is 74.3 cm³/mol.